The van der Waals surface area contributed by atoms with Crippen LogP contribution >= 0.6 is 0 Å². The van der Waals surface area contributed by atoms with Gasteiger partial charge in [-0.2, -0.15) is 0 Å². The molecule has 0 amide bonds. The van der Waals surface area contributed by atoms with Crippen LogP contribution in [0.15, 0.2) is 33.6 Å². The highest BCUT2D eigenvalue weighted by molar-refractivity contribution is 7.92. The maximum absolute atomic E-state index is 12.5. The molecule has 0 spiro atoms. The lowest BCUT2D eigenvalue weighted by molar-refractivity contribution is 0.402. The molecular weight excluding hydrogens is 300 g/mol. The summed E-state index contributed by atoms with van der Waals surface area (Å²) in [4.78, 5) is 2.22. The fraction of sp³-hybridized carbons (Fsp3) is 0.375. The summed E-state index contributed by atoms with van der Waals surface area (Å²) in [7, 11) is 0.299. The lowest BCUT2D eigenvalue weighted by Crippen LogP contribution is -2.15. The third kappa shape index (κ3) is 3.69. The minimum Gasteiger partial charge on any atom is -0.465 e. The topological polar surface area (TPSA) is 62.6 Å². The van der Waals surface area contributed by atoms with Crippen molar-refractivity contribution in [3.05, 3.63) is 46.9 Å². The Morgan fingerprint density at radius 1 is 1.14 bits per heavy atom. The molecule has 2 rings (SSSR count). The molecule has 1 heterocycles. The molecule has 0 saturated carbocycles. The van der Waals surface area contributed by atoms with Crippen LogP contribution in [0.2, 0.25) is 0 Å². The van der Waals surface area contributed by atoms with Crippen LogP contribution in [0.25, 0.3) is 0 Å². The molecular formula is C16H22N2O3S. The minimum atomic E-state index is -3.65. The molecule has 2 aromatic rings. The molecule has 0 aliphatic heterocycles. The van der Waals surface area contributed by atoms with Gasteiger partial charge in [-0.15, -0.1) is 0 Å². The van der Waals surface area contributed by atoms with Crippen LogP contribution in [-0.2, 0) is 16.6 Å². The van der Waals surface area contributed by atoms with Gasteiger partial charge >= 0.3 is 0 Å². The van der Waals surface area contributed by atoms with Gasteiger partial charge in [0.2, 0.25) is 0 Å². The Morgan fingerprint density at radius 3 is 2.36 bits per heavy atom. The number of hydrogen-bond donors (Lipinski definition) is 1. The molecule has 0 atom stereocenters. The molecule has 0 aliphatic carbocycles. The molecule has 1 aromatic heterocycles. The lowest BCUT2D eigenvalue weighted by atomic mass is 10.1. The number of sulfonamides is 1. The molecule has 0 bridgehead atoms. The third-order valence-corrected chi connectivity index (χ3v) is 4.80. The molecule has 6 heteroatoms. The molecule has 5 nitrogen and oxygen atoms in total. The summed E-state index contributed by atoms with van der Waals surface area (Å²) in [6.45, 7) is 6.01. The van der Waals surface area contributed by atoms with Gasteiger partial charge in [-0.1, -0.05) is 12.1 Å². The van der Waals surface area contributed by atoms with Crippen LogP contribution < -0.4 is 4.72 Å². The highest BCUT2D eigenvalue weighted by Crippen LogP contribution is 2.25. The number of nitrogens with one attached hydrogen (secondary N) is 1. The van der Waals surface area contributed by atoms with Crippen LogP contribution in [0, 0.1) is 20.8 Å². The van der Waals surface area contributed by atoms with E-state index >= 15 is 0 Å². The Hall–Kier alpha value is -1.79. The predicted octanol–water partition coefficient (Wildman–Crippen LogP) is 3.07. The van der Waals surface area contributed by atoms with Crippen molar-refractivity contribution in [3.63, 3.8) is 0 Å². The van der Waals surface area contributed by atoms with Gasteiger partial charge in [-0.3, -0.25) is 4.72 Å². The van der Waals surface area contributed by atoms with Crippen LogP contribution in [0.3, 0.4) is 0 Å². The van der Waals surface area contributed by atoms with E-state index in [1.54, 1.807) is 13.8 Å². The van der Waals surface area contributed by atoms with E-state index in [0.29, 0.717) is 17.2 Å². The van der Waals surface area contributed by atoms with Crippen LogP contribution in [0.1, 0.15) is 22.6 Å². The summed E-state index contributed by atoms with van der Waals surface area (Å²) < 4.78 is 33.1. The summed E-state index contributed by atoms with van der Waals surface area (Å²) in [6.07, 6.45) is 0. The normalized spacial score (nSPS) is 11.9. The zero-order chi connectivity index (χ0) is 16.5. The van der Waals surface area contributed by atoms with Gasteiger partial charge in [0.25, 0.3) is 10.0 Å². The molecule has 0 unspecified atom stereocenters. The monoisotopic (exact) mass is 322 g/mol. The molecule has 0 radical (unpaired) electrons. The Balaban J connectivity index is 2.35. The average Bonchev–Trinajstić information content (AvgIpc) is 2.72. The molecule has 1 N–H and O–H groups in total. The fourth-order valence-electron chi connectivity index (χ4n) is 2.32. The Labute approximate surface area is 132 Å². The zero-order valence-electron chi connectivity index (χ0n) is 13.6. The zero-order valence-corrected chi connectivity index (χ0v) is 14.4. The summed E-state index contributed by atoms with van der Waals surface area (Å²) in [5.41, 5.74) is 2.52. The summed E-state index contributed by atoms with van der Waals surface area (Å²) in [5, 5.41) is 0. The molecule has 22 heavy (non-hydrogen) atoms. The molecule has 0 fully saturated rings. The number of anilines is 1. The van der Waals surface area contributed by atoms with Crippen molar-refractivity contribution in [2.45, 2.75) is 32.2 Å². The van der Waals surface area contributed by atoms with Crippen molar-refractivity contribution in [3.8, 4) is 0 Å². The van der Waals surface area contributed by atoms with E-state index in [0.717, 1.165) is 17.7 Å². The number of aryl methyl sites for hydroxylation is 3. The number of benzene rings is 1. The van der Waals surface area contributed by atoms with Gasteiger partial charge in [-0.05, 0) is 52.1 Å². The van der Waals surface area contributed by atoms with Gasteiger partial charge in [0.05, 0.1) is 5.69 Å². The average molecular weight is 322 g/mol. The first-order valence-electron chi connectivity index (χ1n) is 7.03. The molecule has 1 aromatic carbocycles. The Morgan fingerprint density at radius 2 is 1.82 bits per heavy atom. The molecule has 0 aliphatic rings. The van der Waals surface area contributed by atoms with Crippen LogP contribution in [0.4, 0.5) is 5.69 Å². The van der Waals surface area contributed by atoms with Crippen LogP contribution in [0.5, 0.6) is 0 Å². The minimum absolute atomic E-state index is 0.183. The highest BCUT2D eigenvalue weighted by Gasteiger charge is 2.21. The number of nitrogens with zero attached hydrogens (tertiary/aromatic N) is 1. The molecule has 120 valence electrons. The lowest BCUT2D eigenvalue weighted by Gasteiger charge is -2.14. The second-order valence-electron chi connectivity index (χ2n) is 5.77. The SMILES string of the molecule is Cc1cc(S(=O)(=O)Nc2cc(CN(C)C)ccc2C)c(C)o1. The number of furan rings is 1. The van der Waals surface area contributed by atoms with Gasteiger partial charge in [0.1, 0.15) is 16.4 Å². The maximum atomic E-state index is 12.5. The van der Waals surface area contributed by atoms with E-state index in [1.165, 1.54) is 6.07 Å². The molecule has 0 saturated heterocycles. The Bertz CT molecular complexity index is 777. The van der Waals surface area contributed by atoms with E-state index in [1.807, 2.05) is 44.1 Å². The van der Waals surface area contributed by atoms with Crippen molar-refractivity contribution in [1.29, 1.82) is 0 Å². The fourth-order valence-corrected chi connectivity index (χ4v) is 3.68. The summed E-state index contributed by atoms with van der Waals surface area (Å²) in [6, 6.07) is 7.33. The summed E-state index contributed by atoms with van der Waals surface area (Å²) in [5.74, 6) is 0.975. The highest BCUT2D eigenvalue weighted by atomic mass is 32.2. The smallest absolute Gasteiger partial charge is 0.265 e. The summed E-state index contributed by atoms with van der Waals surface area (Å²) >= 11 is 0. The van der Waals surface area contributed by atoms with Gasteiger partial charge in [0, 0.05) is 12.6 Å². The van der Waals surface area contributed by atoms with Crippen molar-refractivity contribution in [1.82, 2.24) is 4.90 Å². The first-order valence-corrected chi connectivity index (χ1v) is 8.51. The van der Waals surface area contributed by atoms with E-state index in [4.69, 9.17) is 4.42 Å². The van der Waals surface area contributed by atoms with E-state index < -0.39 is 10.0 Å². The third-order valence-electron chi connectivity index (χ3n) is 3.33. The largest absolute Gasteiger partial charge is 0.465 e. The first kappa shape index (κ1) is 16.6. The van der Waals surface area contributed by atoms with Crippen molar-refractivity contribution in [2.75, 3.05) is 18.8 Å². The van der Waals surface area contributed by atoms with Crippen molar-refractivity contribution >= 4 is 15.7 Å². The van der Waals surface area contributed by atoms with Gasteiger partial charge < -0.3 is 9.32 Å². The predicted molar refractivity (Wildman–Crippen MR) is 87.6 cm³/mol. The van der Waals surface area contributed by atoms with Crippen molar-refractivity contribution in [2.24, 2.45) is 0 Å². The van der Waals surface area contributed by atoms with E-state index in [2.05, 4.69) is 4.72 Å². The number of rotatable bonds is 5. The second kappa shape index (κ2) is 6.14. The quantitative estimate of drug-likeness (QED) is 0.919. The second-order valence-corrected chi connectivity index (χ2v) is 7.42. The standard InChI is InChI=1S/C16H22N2O3S/c1-11-6-7-14(10-18(4)5)9-15(11)17-22(19,20)16-8-12(2)21-13(16)3/h6-9,17H,10H2,1-5H3. The number of hydrogen-bond acceptors (Lipinski definition) is 4. The first-order chi connectivity index (χ1) is 10.2. The van der Waals surface area contributed by atoms with E-state index in [-0.39, 0.29) is 4.90 Å². The van der Waals surface area contributed by atoms with Gasteiger partial charge in [-0.25, -0.2) is 8.42 Å². The Kier molecular flexibility index (Phi) is 4.63. The van der Waals surface area contributed by atoms with Crippen LogP contribution in [-0.4, -0.2) is 27.4 Å². The van der Waals surface area contributed by atoms with E-state index in [9.17, 15) is 8.42 Å². The van der Waals surface area contributed by atoms with Gasteiger partial charge in [0.15, 0.2) is 0 Å². The van der Waals surface area contributed by atoms with Crippen molar-refractivity contribution < 1.29 is 12.8 Å². The maximum Gasteiger partial charge on any atom is 0.265 e.